The van der Waals surface area contributed by atoms with Crippen LogP contribution in [0.1, 0.15) is 23.3 Å². The zero-order chi connectivity index (χ0) is 18.0. The predicted molar refractivity (Wildman–Crippen MR) is 90.6 cm³/mol. The summed E-state index contributed by atoms with van der Waals surface area (Å²) in [4.78, 5) is 0. The molecule has 7 nitrogen and oxygen atoms in total. The second-order valence-electron chi connectivity index (χ2n) is 7.17. The molecule has 0 saturated carbocycles. The second-order valence-corrected chi connectivity index (χ2v) is 7.17. The maximum atomic E-state index is 10.6. The van der Waals surface area contributed by atoms with Gasteiger partial charge < -0.3 is 33.5 Å². The van der Waals surface area contributed by atoms with Crippen molar-refractivity contribution >= 4 is 0 Å². The summed E-state index contributed by atoms with van der Waals surface area (Å²) in [7, 11) is 0. The maximum absolute atomic E-state index is 10.6. The molecule has 0 radical (unpaired) electrons. The lowest BCUT2D eigenvalue weighted by atomic mass is 9.84. The van der Waals surface area contributed by atoms with Crippen molar-refractivity contribution < 1.29 is 33.5 Å². The van der Waals surface area contributed by atoms with E-state index < -0.39 is 6.29 Å². The number of hydrogen-bond donors (Lipinski definition) is 1. The summed E-state index contributed by atoms with van der Waals surface area (Å²) in [5.74, 6) is 2.78. The topological polar surface area (TPSA) is 75.6 Å². The van der Waals surface area contributed by atoms with Gasteiger partial charge in [0.05, 0.1) is 18.8 Å². The van der Waals surface area contributed by atoms with Crippen LogP contribution in [0.25, 0.3) is 0 Å². The monoisotopic (exact) mass is 370 g/mol. The van der Waals surface area contributed by atoms with Gasteiger partial charge in [-0.3, -0.25) is 0 Å². The summed E-state index contributed by atoms with van der Waals surface area (Å²) >= 11 is 0. The van der Waals surface area contributed by atoms with E-state index in [1.807, 2.05) is 36.4 Å². The number of fused-ring (bicyclic) bond motifs is 3. The molecule has 140 valence electrons. The average Bonchev–Trinajstić information content (AvgIpc) is 3.45. The number of aliphatic hydroxyl groups is 1. The first-order chi connectivity index (χ1) is 13.3. The molecule has 4 heterocycles. The molecule has 2 aromatic carbocycles. The van der Waals surface area contributed by atoms with Crippen molar-refractivity contribution in [1.82, 2.24) is 0 Å². The third-order valence-electron chi connectivity index (χ3n) is 5.77. The predicted octanol–water partition coefficient (Wildman–Crippen LogP) is 2.54. The molecule has 0 aliphatic carbocycles. The van der Waals surface area contributed by atoms with Crippen LogP contribution >= 0.6 is 0 Å². The van der Waals surface area contributed by atoms with Crippen molar-refractivity contribution in [3.8, 4) is 23.0 Å². The highest BCUT2D eigenvalue weighted by Crippen LogP contribution is 2.54. The molecule has 0 aromatic heterocycles. The van der Waals surface area contributed by atoms with E-state index in [0.717, 1.165) is 22.6 Å². The van der Waals surface area contributed by atoms with E-state index in [1.165, 1.54) is 0 Å². The highest BCUT2D eigenvalue weighted by Gasteiger charge is 2.53. The Morgan fingerprint density at radius 3 is 2.00 bits per heavy atom. The van der Waals surface area contributed by atoms with Crippen molar-refractivity contribution in [2.45, 2.75) is 18.5 Å². The Bertz CT molecular complexity index is 842. The number of benzene rings is 2. The molecule has 1 N–H and O–H groups in total. The molecule has 0 bridgehead atoms. The largest absolute Gasteiger partial charge is 0.454 e. The van der Waals surface area contributed by atoms with Crippen LogP contribution in [0.3, 0.4) is 0 Å². The van der Waals surface area contributed by atoms with Gasteiger partial charge in [-0.25, -0.2) is 0 Å². The SMILES string of the molecule is O[C@@H]1O[C@@H](c2ccc3c(c2)OCO3)[C@@H]2CO[C@@H](c3ccc4c(c3)OCO4)[C@@H]21. The summed E-state index contributed by atoms with van der Waals surface area (Å²) < 4.78 is 33.7. The van der Waals surface area contributed by atoms with Gasteiger partial charge in [0.25, 0.3) is 0 Å². The van der Waals surface area contributed by atoms with Crippen molar-refractivity contribution in [3.05, 3.63) is 47.5 Å². The lowest BCUT2D eigenvalue weighted by Crippen LogP contribution is -2.22. The van der Waals surface area contributed by atoms with E-state index in [9.17, 15) is 5.11 Å². The maximum Gasteiger partial charge on any atom is 0.231 e. The van der Waals surface area contributed by atoms with Gasteiger partial charge >= 0.3 is 0 Å². The van der Waals surface area contributed by atoms with Crippen molar-refractivity contribution in [2.75, 3.05) is 20.2 Å². The number of ether oxygens (including phenoxy) is 6. The van der Waals surface area contributed by atoms with Gasteiger partial charge in [-0.05, 0) is 35.4 Å². The molecule has 2 fully saturated rings. The first-order valence-corrected chi connectivity index (χ1v) is 9.02. The lowest BCUT2D eigenvalue weighted by molar-refractivity contribution is -0.134. The number of hydrogen-bond acceptors (Lipinski definition) is 7. The normalized spacial score (nSPS) is 32.7. The first-order valence-electron chi connectivity index (χ1n) is 9.02. The molecule has 6 rings (SSSR count). The summed E-state index contributed by atoms with van der Waals surface area (Å²) in [6.45, 7) is 0.975. The molecule has 7 heteroatoms. The van der Waals surface area contributed by atoms with Gasteiger partial charge in [0.2, 0.25) is 13.6 Å². The fourth-order valence-corrected chi connectivity index (χ4v) is 4.48. The van der Waals surface area contributed by atoms with Gasteiger partial charge in [0.15, 0.2) is 29.3 Å². The Labute approximate surface area is 155 Å². The van der Waals surface area contributed by atoms with Gasteiger partial charge in [-0.1, -0.05) is 12.1 Å². The summed E-state index contributed by atoms with van der Waals surface area (Å²) in [5.41, 5.74) is 1.92. The molecule has 2 aromatic rings. The van der Waals surface area contributed by atoms with Crippen LogP contribution in [-0.4, -0.2) is 31.6 Å². The van der Waals surface area contributed by atoms with Crippen molar-refractivity contribution in [3.63, 3.8) is 0 Å². The summed E-state index contributed by atoms with van der Waals surface area (Å²) in [6, 6.07) is 11.5. The van der Waals surface area contributed by atoms with Crippen LogP contribution in [0.5, 0.6) is 23.0 Å². The summed E-state index contributed by atoms with van der Waals surface area (Å²) in [6.07, 6.45) is -1.40. The minimum atomic E-state index is -0.900. The van der Waals surface area contributed by atoms with Gasteiger partial charge in [0.1, 0.15) is 0 Å². The smallest absolute Gasteiger partial charge is 0.231 e. The third-order valence-corrected chi connectivity index (χ3v) is 5.77. The average molecular weight is 370 g/mol. The van der Waals surface area contributed by atoms with E-state index >= 15 is 0 Å². The van der Waals surface area contributed by atoms with Gasteiger partial charge in [-0.2, -0.15) is 0 Å². The zero-order valence-electron chi connectivity index (χ0n) is 14.4. The number of aliphatic hydroxyl groups excluding tert-OH is 1. The first kappa shape index (κ1) is 15.6. The van der Waals surface area contributed by atoms with Gasteiger partial charge in [-0.15, -0.1) is 0 Å². The minimum Gasteiger partial charge on any atom is -0.454 e. The quantitative estimate of drug-likeness (QED) is 0.871. The Balaban J connectivity index is 1.30. The highest BCUT2D eigenvalue weighted by atomic mass is 16.7. The Kier molecular flexibility index (Phi) is 3.32. The molecular formula is C20H18O7. The lowest BCUT2D eigenvalue weighted by Gasteiger charge is -2.20. The van der Waals surface area contributed by atoms with Gasteiger partial charge in [0, 0.05) is 11.8 Å². The third kappa shape index (κ3) is 2.32. The van der Waals surface area contributed by atoms with Crippen LogP contribution < -0.4 is 18.9 Å². The molecule has 0 unspecified atom stereocenters. The van der Waals surface area contributed by atoms with E-state index in [2.05, 4.69) is 0 Å². The molecule has 2 saturated heterocycles. The zero-order valence-corrected chi connectivity index (χ0v) is 14.4. The molecule has 5 atom stereocenters. The molecular weight excluding hydrogens is 352 g/mol. The minimum absolute atomic E-state index is 0.0517. The van der Waals surface area contributed by atoms with Crippen molar-refractivity contribution in [1.29, 1.82) is 0 Å². The fourth-order valence-electron chi connectivity index (χ4n) is 4.48. The van der Waals surface area contributed by atoms with Crippen LogP contribution in [-0.2, 0) is 9.47 Å². The van der Waals surface area contributed by atoms with Crippen LogP contribution in [0.4, 0.5) is 0 Å². The van der Waals surface area contributed by atoms with E-state index in [4.69, 9.17) is 28.4 Å². The fraction of sp³-hybridized carbons (Fsp3) is 0.400. The standard InChI is InChI=1S/C20H18O7/c21-20-17-12(18(27-20)10-1-3-13-15(5-10)25-8-23-13)7-22-19(17)11-2-4-14-16(6-11)26-9-24-14/h1-6,12,17-21H,7-9H2/t12-,17-,18+,19+,20-/m1/s1. The molecule has 4 aliphatic heterocycles. The number of rotatable bonds is 2. The second kappa shape index (κ2) is 5.76. The van der Waals surface area contributed by atoms with Crippen molar-refractivity contribution in [2.24, 2.45) is 11.8 Å². The Hall–Kier alpha value is -2.48. The summed E-state index contributed by atoms with van der Waals surface area (Å²) in [5, 5.41) is 10.6. The molecule has 0 amide bonds. The van der Waals surface area contributed by atoms with E-state index in [-0.39, 0.29) is 37.6 Å². The van der Waals surface area contributed by atoms with E-state index in [1.54, 1.807) is 0 Å². The van der Waals surface area contributed by atoms with Crippen LogP contribution in [0, 0.1) is 11.8 Å². The Morgan fingerprint density at radius 2 is 1.33 bits per heavy atom. The van der Waals surface area contributed by atoms with Crippen LogP contribution in [0.15, 0.2) is 36.4 Å². The highest BCUT2D eigenvalue weighted by molar-refractivity contribution is 5.47. The Morgan fingerprint density at radius 1 is 0.741 bits per heavy atom. The van der Waals surface area contributed by atoms with Crippen LogP contribution in [0.2, 0.25) is 0 Å². The molecule has 4 aliphatic rings. The molecule has 0 spiro atoms. The van der Waals surface area contributed by atoms with E-state index in [0.29, 0.717) is 18.1 Å². The molecule has 27 heavy (non-hydrogen) atoms.